The number of hydrogen-bond acceptors (Lipinski definition) is 49. The fraction of sp³-hybridized carbons (Fsp3) is 0.581. The van der Waals surface area contributed by atoms with Gasteiger partial charge in [-0.3, -0.25) is 66.5 Å². The molecule has 13 N–H and O–H groups in total. The molecule has 6 saturated heterocycles. The van der Waals surface area contributed by atoms with Crippen LogP contribution in [0, 0.1) is 13.8 Å². The molecule has 696 valence electrons. The standard InChI is InChI=1S/C62H84N20O33P6S6.6Na/c1-26-16-79(60(90)75-52(26)84)44-13-30(36(106-44)20-98-116(92,122)109-28-10-46(103-34(28)18-83)81-24-67-48-50(81)71-56(65)73-54(48)86)111-118(94,124)100-21-37-31(14-45(107-37)80-17-27(2)53(85)76-61(80)91)112-119(95,125)101-22-38-32(15-47(108-38)82-25-68-49-51(82)72-57(66)74-55(49)87)113-120(96,126)99-19-35-29(11-42(104-35)77-8-6-40(63)69-58(77)88)110-117(93,123)102-23-39-33(114-121(97,127)115-62(3,4)5)12-43(105-39)78-9-7-41(64)70-59(78)89;;;;;;/h6-9,16-17,24-25,28-39,42-47,83H,10-15,18-23H2,1-5H3,(H,92,122)(H,93,123)(H,94,124)(H,95,125)(H,96,126)(H,97,127)(H2,63,69,88)(H2,64,70,89)(H,75,84,90)(H,76,85,91)(H3,65,71,73,86)(H3,66,72,74,87);;;;;;/q;6*+1/p-6/t28?,29?,30?,31?,32?,33?,34-,35-,36-,37-,38-,39-,42-,43-,44-,45-,46-,47-,116?,117?,118?,119?,120?,121?;;;;;;/m1....../s1. The molecule has 0 bridgehead atoms. The SMILES string of the molecule is Cc1cn([C@H]2CC(OP([O-])(=S)OC[C@H]3O[C@@H](n4cnc5c(=O)[nH]c(N)nc54)CC3OP([O-])(=S)OC[C@H]3O[C@@H](n4ccc(N)nc4=O)CC3OP([O-])(=S)OC[C@H]3O[C@@H](n4ccc(N)nc4=O)CC3OP([O-])(=S)OC(C)(C)C)[C@@H](COP([O-])(=S)OC3C[C@H](n4cc(C)c(=O)[nH]c4=O)O[C@@H]3COP([O-])(=S)OC3C[C@H](n4cnc5c(=O)[nH]c(N)nc54)O[C@@H]3CO)O2)c(=O)[nH]c1=O.[Na+].[Na+].[Na+].[Na+].[Na+].[Na+]. The summed E-state index contributed by atoms with van der Waals surface area (Å²) in [5.41, 5.74) is 15.0. The summed E-state index contributed by atoms with van der Waals surface area (Å²) in [5.74, 6) is -0.889. The Bertz CT molecular complexity index is 6350. The summed E-state index contributed by atoms with van der Waals surface area (Å²) in [4.78, 5) is 223. The Kier molecular flexibility index (Phi) is 43.1. The van der Waals surface area contributed by atoms with E-state index in [1.807, 2.05) is 0 Å². The van der Waals surface area contributed by atoms with Gasteiger partial charge in [0.2, 0.25) is 11.9 Å². The van der Waals surface area contributed by atoms with E-state index < -0.39 is 260 Å². The number of nitrogens with two attached hydrogens (primary N) is 4. The second-order valence-electron chi connectivity index (χ2n) is 30.2. The van der Waals surface area contributed by atoms with Crippen molar-refractivity contribution in [2.75, 3.05) is 62.6 Å². The van der Waals surface area contributed by atoms with Crippen molar-refractivity contribution in [3.8, 4) is 0 Å². The number of aromatic amines is 4. The van der Waals surface area contributed by atoms with E-state index in [9.17, 15) is 72.8 Å². The minimum Gasteiger partial charge on any atom is -0.780 e. The summed E-state index contributed by atoms with van der Waals surface area (Å²) in [6.45, 7) is -26.5. The van der Waals surface area contributed by atoms with Crippen molar-refractivity contribution in [3.63, 3.8) is 0 Å². The molecule has 6 fully saturated rings. The number of rotatable bonds is 35. The number of nitrogen functional groups attached to an aromatic ring is 4. The maximum Gasteiger partial charge on any atom is 1.00 e. The number of aryl methyl sites for hydroxylation is 2. The molecule has 0 radical (unpaired) electrons. The van der Waals surface area contributed by atoms with Gasteiger partial charge in [0.15, 0.2) is 22.3 Å². The zero-order valence-electron chi connectivity index (χ0n) is 72.3. The molecule has 0 saturated carbocycles. The largest absolute Gasteiger partial charge is 1.00 e. The van der Waals surface area contributed by atoms with Crippen molar-refractivity contribution >= 4 is 157 Å². The Morgan fingerprint density at radius 3 is 0.947 bits per heavy atom. The van der Waals surface area contributed by atoms with Gasteiger partial charge < -0.3 is 140 Å². The third-order valence-electron chi connectivity index (χ3n) is 20.0. The van der Waals surface area contributed by atoms with E-state index in [1.54, 1.807) is 20.8 Å². The van der Waals surface area contributed by atoms with Gasteiger partial charge in [0.1, 0.15) is 126 Å². The van der Waals surface area contributed by atoms with E-state index in [-0.39, 0.29) is 254 Å². The summed E-state index contributed by atoms with van der Waals surface area (Å²) in [6.07, 6.45) is -20.3. The van der Waals surface area contributed by atoms with E-state index >= 15 is 0 Å². The first-order chi connectivity index (χ1) is 59.5. The predicted molar refractivity (Wildman–Crippen MR) is 447 cm³/mol. The third-order valence-corrected chi connectivity index (χ3v) is 29.6. The van der Waals surface area contributed by atoms with E-state index in [1.165, 1.54) is 53.8 Å². The van der Waals surface area contributed by atoms with Gasteiger partial charge in [0.25, 0.3) is 22.2 Å². The fourth-order valence-electron chi connectivity index (χ4n) is 14.3. The van der Waals surface area contributed by atoms with Crippen molar-refractivity contribution in [2.45, 2.75) is 189 Å². The molecule has 6 aliphatic heterocycles. The zero-order valence-corrected chi connectivity index (χ0v) is 94.6. The molecule has 0 spiro atoms. The van der Waals surface area contributed by atoms with Crippen molar-refractivity contribution in [1.29, 1.82) is 0 Å². The molecule has 0 aromatic carbocycles. The zero-order chi connectivity index (χ0) is 91.7. The van der Waals surface area contributed by atoms with E-state index in [4.69, 9.17) is 176 Å². The van der Waals surface area contributed by atoms with Crippen LogP contribution >= 0.6 is 40.3 Å². The fourth-order valence-corrected chi connectivity index (χ4v) is 23.9. The number of nitrogens with zero attached hydrogens (tertiary/aromatic N) is 12. The topological polar surface area (TPSA) is 735 Å². The van der Waals surface area contributed by atoms with Crippen LogP contribution < -0.4 is 275 Å². The molecule has 53 nitrogen and oxygen atoms in total. The van der Waals surface area contributed by atoms with Crippen molar-refractivity contribution < 1.29 is 295 Å². The molecule has 8 aromatic heterocycles. The average Bonchev–Trinajstić information content (AvgIpc) is 1.63. The smallest absolute Gasteiger partial charge is 0.780 e. The van der Waals surface area contributed by atoms with Gasteiger partial charge >= 0.3 is 200 Å². The predicted octanol–water partition coefficient (Wildman–Crippen LogP) is -22.7. The van der Waals surface area contributed by atoms with Crippen LogP contribution in [0.25, 0.3) is 22.3 Å². The summed E-state index contributed by atoms with van der Waals surface area (Å²) >= 11 is 32.3. The Labute approximate surface area is 913 Å². The van der Waals surface area contributed by atoms with Crippen LogP contribution in [0.3, 0.4) is 0 Å². The Morgan fingerprint density at radius 1 is 0.406 bits per heavy atom. The molecule has 133 heavy (non-hydrogen) atoms. The number of H-pyrrole nitrogens is 4. The van der Waals surface area contributed by atoms with Gasteiger partial charge in [-0.1, -0.05) is 70.8 Å². The third kappa shape index (κ3) is 30.1. The molecule has 14 heterocycles. The Balaban J connectivity index is 0.00000363. The normalized spacial score (nSPS) is 28.0. The van der Waals surface area contributed by atoms with Crippen LogP contribution in [0.5, 0.6) is 0 Å². The number of ether oxygens (including phenoxy) is 6. The second-order valence-corrected chi connectivity index (χ2v) is 46.3. The van der Waals surface area contributed by atoms with Crippen LogP contribution in [0.1, 0.15) is 108 Å². The van der Waals surface area contributed by atoms with Gasteiger partial charge in [0, 0.05) is 74.4 Å². The van der Waals surface area contributed by atoms with Gasteiger partial charge in [-0.05, 0) is 46.8 Å². The first kappa shape index (κ1) is 118. The van der Waals surface area contributed by atoms with E-state index in [0.717, 1.165) is 37.0 Å². The second kappa shape index (κ2) is 48.5. The Hall–Kier alpha value is -0.0800. The summed E-state index contributed by atoms with van der Waals surface area (Å²) < 4.78 is 113. The summed E-state index contributed by atoms with van der Waals surface area (Å²) in [5, 5.41) is 10.3. The quantitative estimate of drug-likeness (QED) is 0.0132. The molecular weight excluding hydrogens is 2070 g/mol. The molecular formula is C62H78N20Na6O33P6S6. The van der Waals surface area contributed by atoms with Gasteiger partial charge in [-0.15, -0.1) is 0 Å². The molecule has 71 heteroatoms. The van der Waals surface area contributed by atoms with E-state index in [0.29, 0.717) is 0 Å². The number of hydrogen-bond donors (Lipinski definition) is 9. The van der Waals surface area contributed by atoms with Crippen LogP contribution in [0.4, 0.5) is 23.5 Å². The minimum absolute atomic E-state index is 0. The summed E-state index contributed by atoms with van der Waals surface area (Å²) in [7, 11) is 0. The number of aliphatic hydroxyl groups excluding tert-OH is 1. The van der Waals surface area contributed by atoms with Crippen molar-refractivity contribution in [2.24, 2.45) is 0 Å². The molecule has 14 rings (SSSR count). The molecule has 24 atom stereocenters. The first-order valence-corrected chi connectivity index (χ1v) is 53.1. The Morgan fingerprint density at radius 2 is 0.669 bits per heavy atom. The van der Waals surface area contributed by atoms with Crippen molar-refractivity contribution in [3.05, 3.63) is 144 Å². The van der Waals surface area contributed by atoms with Gasteiger partial charge in [0.05, 0.1) is 94.5 Å². The number of imidazole rings is 2. The van der Waals surface area contributed by atoms with Crippen LogP contribution in [-0.4, -0.2) is 201 Å². The molecule has 12 unspecified atom stereocenters. The first-order valence-electron chi connectivity index (χ1n) is 37.7. The maximum atomic E-state index is 14.8. The number of aromatic nitrogens is 16. The van der Waals surface area contributed by atoms with Crippen LogP contribution in [0.15, 0.2) is 87.9 Å². The number of nitrogens with one attached hydrogen (secondary N) is 4. The van der Waals surface area contributed by atoms with Gasteiger partial charge in [-0.2, -0.15) is 19.9 Å². The number of fused-ring (bicyclic) bond motifs is 2. The van der Waals surface area contributed by atoms with Crippen LogP contribution in [0.2, 0.25) is 0 Å². The van der Waals surface area contributed by atoms with Gasteiger partial charge in [-0.25, -0.2) is 29.1 Å². The van der Waals surface area contributed by atoms with Crippen molar-refractivity contribution in [1.82, 2.24) is 77.2 Å². The van der Waals surface area contributed by atoms with Crippen LogP contribution in [-0.2, 0) is 154 Å². The maximum absolute atomic E-state index is 14.8. The number of aliphatic hydroxyl groups is 1. The monoisotopic (exact) mass is 2150 g/mol. The molecule has 0 aliphatic carbocycles. The average molecular weight is 2150 g/mol. The van der Waals surface area contributed by atoms with E-state index in [2.05, 4.69) is 49.8 Å². The molecule has 8 aromatic rings. The minimum atomic E-state index is -5.04. The number of anilines is 4. The molecule has 6 aliphatic rings. The molecule has 0 amide bonds. The summed E-state index contributed by atoms with van der Waals surface area (Å²) in [6, 6.07) is 2.57.